The number of carbonyl (C=O) groups excluding carboxylic acids is 2. The minimum absolute atomic E-state index is 0.159. The van der Waals surface area contributed by atoms with E-state index in [0.29, 0.717) is 11.7 Å². The highest BCUT2D eigenvalue weighted by molar-refractivity contribution is 5.99. The van der Waals surface area contributed by atoms with E-state index in [4.69, 9.17) is 0 Å². The van der Waals surface area contributed by atoms with Gasteiger partial charge in [-0.3, -0.25) is 14.5 Å². The zero-order valence-corrected chi connectivity index (χ0v) is 20.8. The quantitative estimate of drug-likeness (QED) is 0.600. The number of carbonyl (C=O) groups is 2. The molecule has 8 aliphatic rings. The van der Waals surface area contributed by atoms with Gasteiger partial charge in [-0.25, -0.2) is 4.98 Å². The van der Waals surface area contributed by atoms with Crippen LogP contribution in [-0.2, 0) is 9.59 Å². The maximum atomic E-state index is 13.9. The SMILES string of the molecule is CN(C(=O)C12CC3CC(CC(C3)C1)C2)c1ccnc(N(C)C(=O)C23CC4CC(CC(C4)C2)C3)c1. The third kappa shape index (κ3) is 3.14. The molecule has 1 heterocycles. The maximum Gasteiger partial charge on any atom is 0.234 e. The highest BCUT2D eigenvalue weighted by Crippen LogP contribution is 2.62. The van der Waals surface area contributed by atoms with Crippen LogP contribution in [0.3, 0.4) is 0 Å². The molecule has 1 aromatic rings. The fraction of sp³-hybridized carbons (Fsp3) is 0.759. The van der Waals surface area contributed by atoms with Crippen molar-refractivity contribution in [3.05, 3.63) is 18.3 Å². The van der Waals surface area contributed by atoms with Crippen molar-refractivity contribution in [1.82, 2.24) is 4.98 Å². The largest absolute Gasteiger partial charge is 0.315 e. The number of nitrogens with zero attached hydrogens (tertiary/aromatic N) is 3. The van der Waals surface area contributed by atoms with Gasteiger partial charge in [-0.1, -0.05) is 0 Å². The summed E-state index contributed by atoms with van der Waals surface area (Å²) < 4.78 is 0. The number of amides is 2. The molecule has 34 heavy (non-hydrogen) atoms. The minimum atomic E-state index is -0.178. The molecule has 8 saturated carbocycles. The van der Waals surface area contributed by atoms with Crippen LogP contribution < -0.4 is 9.80 Å². The van der Waals surface area contributed by atoms with Gasteiger partial charge in [0.2, 0.25) is 11.8 Å². The second-order valence-corrected chi connectivity index (χ2v) is 13.5. The first kappa shape index (κ1) is 21.4. The lowest BCUT2D eigenvalue weighted by molar-refractivity contribution is -0.143. The Labute approximate surface area is 203 Å². The van der Waals surface area contributed by atoms with E-state index in [1.165, 1.54) is 38.5 Å². The summed E-state index contributed by atoms with van der Waals surface area (Å²) in [6.07, 6.45) is 16.2. The van der Waals surface area contributed by atoms with Crippen molar-refractivity contribution in [3.8, 4) is 0 Å². The third-order valence-electron chi connectivity index (χ3n) is 11.1. The number of hydrogen-bond acceptors (Lipinski definition) is 3. The van der Waals surface area contributed by atoms with Gasteiger partial charge in [0.05, 0.1) is 10.8 Å². The number of anilines is 2. The zero-order valence-electron chi connectivity index (χ0n) is 20.8. The zero-order chi connectivity index (χ0) is 23.2. The van der Waals surface area contributed by atoms with Gasteiger partial charge in [0.1, 0.15) is 5.82 Å². The fourth-order valence-electron chi connectivity index (χ4n) is 10.5. The van der Waals surface area contributed by atoms with Crippen LogP contribution in [0.15, 0.2) is 18.3 Å². The number of rotatable bonds is 4. The van der Waals surface area contributed by atoms with Crippen LogP contribution in [0, 0.1) is 46.3 Å². The Morgan fingerprint density at radius 2 is 1.09 bits per heavy atom. The van der Waals surface area contributed by atoms with Crippen molar-refractivity contribution < 1.29 is 9.59 Å². The molecule has 0 N–H and O–H groups in total. The van der Waals surface area contributed by atoms with Crippen LogP contribution in [0.25, 0.3) is 0 Å². The van der Waals surface area contributed by atoms with Gasteiger partial charge in [0, 0.05) is 32.0 Å². The number of pyridine rings is 1. The van der Waals surface area contributed by atoms with Crippen LogP contribution in [0.4, 0.5) is 11.5 Å². The van der Waals surface area contributed by atoms with Crippen molar-refractivity contribution >= 4 is 23.3 Å². The molecular weight excluding hydrogens is 422 g/mol. The molecule has 8 fully saturated rings. The molecule has 0 atom stereocenters. The average molecular weight is 462 g/mol. The fourth-order valence-corrected chi connectivity index (χ4v) is 10.5. The van der Waals surface area contributed by atoms with Gasteiger partial charge in [0.15, 0.2) is 0 Å². The molecule has 5 nitrogen and oxygen atoms in total. The second kappa shape index (κ2) is 7.30. The standard InChI is InChI=1S/C29H39N3O2/c1-31(26(33)28-12-18-5-19(13-28)7-20(6-18)14-28)24-3-4-30-25(11-24)32(2)27(34)29-15-21-8-22(16-29)10-23(9-21)17-29/h3-4,11,18-23H,5-10,12-17H2,1-2H3. The van der Waals surface area contributed by atoms with E-state index in [9.17, 15) is 9.59 Å². The number of hydrogen-bond donors (Lipinski definition) is 0. The molecule has 8 aliphatic carbocycles. The molecule has 9 rings (SSSR count). The molecule has 0 unspecified atom stereocenters. The summed E-state index contributed by atoms with van der Waals surface area (Å²) in [5.41, 5.74) is 0.534. The van der Waals surface area contributed by atoms with Gasteiger partial charge in [-0.05, 0) is 119 Å². The smallest absolute Gasteiger partial charge is 0.234 e. The van der Waals surface area contributed by atoms with E-state index in [1.54, 1.807) is 11.1 Å². The van der Waals surface area contributed by atoms with Crippen LogP contribution in [-0.4, -0.2) is 30.9 Å². The first-order valence-corrected chi connectivity index (χ1v) is 13.8. The molecular formula is C29H39N3O2. The van der Waals surface area contributed by atoms with Gasteiger partial charge >= 0.3 is 0 Å². The maximum absolute atomic E-state index is 13.9. The predicted molar refractivity (Wildman–Crippen MR) is 132 cm³/mol. The predicted octanol–water partition coefficient (Wildman–Crippen LogP) is 5.44. The van der Waals surface area contributed by atoms with Gasteiger partial charge in [-0.15, -0.1) is 0 Å². The molecule has 0 aliphatic heterocycles. The number of aromatic nitrogens is 1. The molecule has 2 amide bonds. The summed E-state index contributed by atoms with van der Waals surface area (Å²) in [6.45, 7) is 0. The lowest BCUT2D eigenvalue weighted by Gasteiger charge is -2.56. The first-order valence-electron chi connectivity index (χ1n) is 13.8. The Morgan fingerprint density at radius 3 is 1.50 bits per heavy atom. The Hall–Kier alpha value is -1.91. The molecule has 182 valence electrons. The molecule has 0 saturated heterocycles. The highest BCUT2D eigenvalue weighted by Gasteiger charge is 2.56. The van der Waals surface area contributed by atoms with Crippen molar-refractivity contribution in [1.29, 1.82) is 0 Å². The van der Waals surface area contributed by atoms with Crippen LogP contribution in [0.5, 0.6) is 0 Å². The Bertz CT molecular complexity index is 884. The molecule has 1 aromatic heterocycles. The lowest BCUT2D eigenvalue weighted by Crippen LogP contribution is -2.54. The molecule has 0 spiro atoms. The third-order valence-corrected chi connectivity index (χ3v) is 11.1. The summed E-state index contributed by atoms with van der Waals surface area (Å²) in [7, 11) is 3.83. The van der Waals surface area contributed by atoms with Crippen LogP contribution in [0.1, 0.15) is 77.0 Å². The summed E-state index contributed by atoms with van der Waals surface area (Å²) in [4.78, 5) is 36.0. The second-order valence-electron chi connectivity index (χ2n) is 13.5. The minimum Gasteiger partial charge on any atom is -0.315 e. The van der Waals surface area contributed by atoms with E-state index >= 15 is 0 Å². The van der Waals surface area contributed by atoms with E-state index in [1.807, 2.05) is 31.1 Å². The Balaban J connectivity index is 1.12. The Kier molecular flexibility index (Phi) is 4.59. The monoisotopic (exact) mass is 461 g/mol. The summed E-state index contributed by atoms with van der Waals surface area (Å²) in [5, 5.41) is 0. The molecule has 5 heteroatoms. The van der Waals surface area contributed by atoms with Crippen molar-refractivity contribution in [2.75, 3.05) is 23.9 Å². The van der Waals surface area contributed by atoms with Crippen molar-refractivity contribution in [3.63, 3.8) is 0 Å². The van der Waals surface area contributed by atoms with Crippen LogP contribution in [0.2, 0.25) is 0 Å². The Morgan fingerprint density at radius 1 is 0.706 bits per heavy atom. The molecule has 8 bridgehead atoms. The molecule has 0 aromatic carbocycles. The van der Waals surface area contributed by atoms with Crippen molar-refractivity contribution in [2.24, 2.45) is 46.3 Å². The van der Waals surface area contributed by atoms with Gasteiger partial charge in [0.25, 0.3) is 0 Å². The van der Waals surface area contributed by atoms with Gasteiger partial charge < -0.3 is 4.90 Å². The van der Waals surface area contributed by atoms with E-state index in [2.05, 4.69) is 4.98 Å². The van der Waals surface area contributed by atoms with Crippen molar-refractivity contribution in [2.45, 2.75) is 77.0 Å². The normalized spacial score (nSPS) is 43.2. The summed E-state index contributed by atoms with van der Waals surface area (Å²) in [6, 6.07) is 3.90. The van der Waals surface area contributed by atoms with Gasteiger partial charge in [-0.2, -0.15) is 0 Å². The van der Waals surface area contributed by atoms with Crippen LogP contribution >= 0.6 is 0 Å². The topological polar surface area (TPSA) is 53.5 Å². The average Bonchev–Trinajstić information content (AvgIpc) is 2.80. The summed E-state index contributed by atoms with van der Waals surface area (Å²) in [5.74, 6) is 5.71. The van der Waals surface area contributed by atoms with E-state index in [-0.39, 0.29) is 16.7 Å². The van der Waals surface area contributed by atoms with E-state index in [0.717, 1.165) is 79.7 Å². The highest BCUT2D eigenvalue weighted by atomic mass is 16.2. The lowest BCUT2D eigenvalue weighted by atomic mass is 9.49. The summed E-state index contributed by atoms with van der Waals surface area (Å²) >= 11 is 0. The first-order chi connectivity index (χ1) is 16.3. The van der Waals surface area contributed by atoms with E-state index < -0.39 is 0 Å². The molecule has 0 radical (unpaired) electrons.